The van der Waals surface area contributed by atoms with Gasteiger partial charge in [0.1, 0.15) is 0 Å². The highest BCUT2D eigenvalue weighted by Gasteiger charge is 2.52. The van der Waals surface area contributed by atoms with Crippen molar-refractivity contribution in [1.82, 2.24) is 25.0 Å². The minimum atomic E-state index is -3.48. The van der Waals surface area contributed by atoms with E-state index in [0.717, 1.165) is 25.9 Å². The number of hydrogen-bond acceptors (Lipinski definition) is 6. The lowest BCUT2D eigenvalue weighted by atomic mass is 9.80. The summed E-state index contributed by atoms with van der Waals surface area (Å²) in [6.45, 7) is 6.26. The van der Waals surface area contributed by atoms with Gasteiger partial charge in [0.15, 0.2) is 0 Å². The summed E-state index contributed by atoms with van der Waals surface area (Å²) >= 11 is 0. The second kappa shape index (κ2) is 7.47. The minimum Gasteiger partial charge on any atom is -0.321 e. The number of nitrogens with one attached hydrogen (secondary N) is 2. The number of carbonyl (C=O) groups excluding carboxylic acids is 2. The van der Waals surface area contributed by atoms with Crippen molar-refractivity contribution < 1.29 is 18.0 Å². The highest BCUT2D eigenvalue weighted by Crippen LogP contribution is 2.40. The van der Waals surface area contributed by atoms with Crippen LogP contribution in [0.5, 0.6) is 0 Å². The highest BCUT2D eigenvalue weighted by atomic mass is 32.2. The Kier molecular flexibility index (Phi) is 5.42. The summed E-state index contributed by atoms with van der Waals surface area (Å²) in [6.07, 6.45) is 3.05. The van der Waals surface area contributed by atoms with E-state index < -0.39 is 21.2 Å². The number of urea groups is 1. The lowest BCUT2D eigenvalue weighted by molar-refractivity contribution is -0.140. The van der Waals surface area contributed by atoms with Gasteiger partial charge in [0.2, 0.25) is 15.9 Å². The number of fused-ring (bicyclic) bond motifs is 1. The monoisotopic (exact) mass is 427 g/mol. The second-order valence-electron chi connectivity index (χ2n) is 9.44. The summed E-state index contributed by atoms with van der Waals surface area (Å²) in [6, 6.07) is -0.415. The van der Waals surface area contributed by atoms with Crippen molar-refractivity contribution in [2.75, 3.05) is 33.2 Å². The predicted molar refractivity (Wildman–Crippen MR) is 108 cm³/mol. The fourth-order valence-electron chi connectivity index (χ4n) is 5.06. The predicted octanol–water partition coefficient (Wildman–Crippen LogP) is 0.346. The molecule has 29 heavy (non-hydrogen) atoms. The van der Waals surface area contributed by atoms with Crippen LogP contribution in [0.25, 0.3) is 0 Å². The van der Waals surface area contributed by atoms with E-state index in [2.05, 4.69) is 10.1 Å². The molecular formula is C19H33N5O4S. The molecule has 2 N–H and O–H groups in total. The third-order valence-electron chi connectivity index (χ3n) is 7.02. The Bertz CT molecular complexity index is 783. The highest BCUT2D eigenvalue weighted by molar-refractivity contribution is 7.90. The zero-order valence-corrected chi connectivity index (χ0v) is 18.4. The van der Waals surface area contributed by atoms with Crippen LogP contribution < -0.4 is 10.1 Å². The Balaban J connectivity index is 1.51. The molecule has 0 radical (unpaired) electrons. The summed E-state index contributed by atoms with van der Waals surface area (Å²) < 4.78 is 28.7. The van der Waals surface area contributed by atoms with Crippen LogP contribution in [0.2, 0.25) is 0 Å². The molecule has 0 spiro atoms. The molecular weight excluding hydrogens is 394 g/mol. The molecule has 4 fully saturated rings. The van der Waals surface area contributed by atoms with E-state index in [0.29, 0.717) is 25.9 Å². The first kappa shape index (κ1) is 21.0. The number of nitrogens with zero attached hydrogens (tertiary/aromatic N) is 3. The van der Waals surface area contributed by atoms with Gasteiger partial charge in [-0.1, -0.05) is 0 Å². The lowest BCUT2D eigenvalue weighted by Crippen LogP contribution is -2.64. The second-order valence-corrected chi connectivity index (χ2v) is 11.4. The van der Waals surface area contributed by atoms with Crippen molar-refractivity contribution in [2.45, 2.75) is 62.8 Å². The minimum absolute atomic E-state index is 0.183. The standard InChI is InChI=1S/C19H33N5O4S/c1-4-23-16-6-5-14(29(27,28)21-19(2)7-8-19)9-15(16)17(25)24(18(23)26)12-13-10-20-22(3)11-13/h13-16,20-21H,4-12H2,1-3H3. The molecule has 0 aromatic heterocycles. The van der Waals surface area contributed by atoms with Gasteiger partial charge in [0, 0.05) is 50.7 Å². The van der Waals surface area contributed by atoms with Gasteiger partial charge in [-0.25, -0.2) is 22.9 Å². The maximum absolute atomic E-state index is 13.3. The number of hydrazine groups is 1. The Morgan fingerprint density at radius 3 is 2.55 bits per heavy atom. The maximum atomic E-state index is 13.3. The quantitative estimate of drug-likeness (QED) is 0.634. The molecule has 2 aliphatic carbocycles. The van der Waals surface area contributed by atoms with Crippen molar-refractivity contribution in [3.63, 3.8) is 0 Å². The Morgan fingerprint density at radius 1 is 1.24 bits per heavy atom. The SMILES string of the molecule is CCN1C(=O)N(CC2CNN(C)C2)C(=O)C2CC(S(=O)(=O)NC3(C)CC3)CCC21. The van der Waals surface area contributed by atoms with Gasteiger partial charge in [-0.3, -0.25) is 15.1 Å². The molecule has 0 aromatic rings. The number of amides is 3. The van der Waals surface area contributed by atoms with Crippen LogP contribution in [0.15, 0.2) is 0 Å². The molecule has 4 rings (SSSR count). The number of sulfonamides is 1. The van der Waals surface area contributed by atoms with Gasteiger partial charge < -0.3 is 4.90 Å². The number of hydrogen-bond donors (Lipinski definition) is 2. The van der Waals surface area contributed by atoms with Gasteiger partial charge in [-0.2, -0.15) is 0 Å². The van der Waals surface area contributed by atoms with Crippen LogP contribution in [0, 0.1) is 11.8 Å². The fourth-order valence-corrected chi connectivity index (χ4v) is 7.03. The van der Waals surface area contributed by atoms with Crippen molar-refractivity contribution in [1.29, 1.82) is 0 Å². The Hall–Kier alpha value is -1.23. The van der Waals surface area contributed by atoms with E-state index in [-0.39, 0.29) is 35.9 Å². The van der Waals surface area contributed by atoms with E-state index in [9.17, 15) is 18.0 Å². The zero-order chi connectivity index (χ0) is 21.0. The molecule has 4 aliphatic rings. The van der Waals surface area contributed by atoms with Crippen molar-refractivity contribution in [2.24, 2.45) is 11.8 Å². The normalized spacial score (nSPS) is 35.1. The molecule has 3 amide bonds. The number of imide groups is 1. The maximum Gasteiger partial charge on any atom is 0.326 e. The summed E-state index contributed by atoms with van der Waals surface area (Å²) in [7, 11) is -1.54. The lowest BCUT2D eigenvalue weighted by Gasteiger charge is -2.48. The van der Waals surface area contributed by atoms with Gasteiger partial charge in [-0.15, -0.1) is 0 Å². The van der Waals surface area contributed by atoms with Gasteiger partial charge in [0.25, 0.3) is 0 Å². The number of carbonyl (C=O) groups is 2. The van der Waals surface area contributed by atoms with Crippen LogP contribution in [0.1, 0.15) is 46.0 Å². The van der Waals surface area contributed by atoms with Crippen LogP contribution >= 0.6 is 0 Å². The molecule has 4 atom stereocenters. The first-order valence-corrected chi connectivity index (χ1v) is 12.3. The van der Waals surface area contributed by atoms with E-state index in [1.54, 1.807) is 4.90 Å². The molecule has 164 valence electrons. The average Bonchev–Trinajstić information content (AvgIpc) is 3.23. The largest absolute Gasteiger partial charge is 0.326 e. The van der Waals surface area contributed by atoms with Crippen LogP contribution in [-0.4, -0.2) is 85.2 Å². The summed E-state index contributed by atoms with van der Waals surface area (Å²) in [5.74, 6) is -0.457. The van der Waals surface area contributed by atoms with Crippen molar-refractivity contribution >= 4 is 22.0 Å². The summed E-state index contributed by atoms with van der Waals surface area (Å²) in [5.41, 5.74) is 2.89. The molecule has 2 saturated carbocycles. The van der Waals surface area contributed by atoms with E-state index in [4.69, 9.17) is 0 Å². The first-order chi connectivity index (χ1) is 13.6. The zero-order valence-electron chi connectivity index (χ0n) is 17.6. The third-order valence-corrected chi connectivity index (χ3v) is 9.10. The Labute approximate surface area is 173 Å². The molecule has 9 nitrogen and oxygen atoms in total. The summed E-state index contributed by atoms with van der Waals surface area (Å²) in [4.78, 5) is 29.5. The molecule has 2 heterocycles. The van der Waals surface area contributed by atoms with Gasteiger partial charge in [0.05, 0.1) is 11.2 Å². The van der Waals surface area contributed by atoms with Crippen LogP contribution in [0.4, 0.5) is 4.79 Å². The van der Waals surface area contributed by atoms with E-state index in [1.165, 1.54) is 4.90 Å². The molecule has 0 aromatic carbocycles. The molecule has 2 aliphatic heterocycles. The third kappa shape index (κ3) is 4.04. The fraction of sp³-hybridized carbons (Fsp3) is 0.895. The van der Waals surface area contributed by atoms with Crippen molar-refractivity contribution in [3.8, 4) is 0 Å². The topological polar surface area (TPSA) is 102 Å². The molecule has 2 saturated heterocycles. The van der Waals surface area contributed by atoms with E-state index >= 15 is 0 Å². The number of rotatable bonds is 6. The Morgan fingerprint density at radius 2 is 1.97 bits per heavy atom. The smallest absolute Gasteiger partial charge is 0.321 e. The average molecular weight is 428 g/mol. The first-order valence-electron chi connectivity index (χ1n) is 10.7. The molecule has 0 bridgehead atoms. The van der Waals surface area contributed by atoms with Gasteiger partial charge in [-0.05, 0) is 46.0 Å². The van der Waals surface area contributed by atoms with Crippen LogP contribution in [-0.2, 0) is 14.8 Å². The van der Waals surface area contributed by atoms with E-state index in [1.807, 2.05) is 25.9 Å². The molecule has 10 heteroatoms. The molecule has 4 unspecified atom stereocenters. The summed E-state index contributed by atoms with van der Waals surface area (Å²) in [5, 5.41) is 1.40. The van der Waals surface area contributed by atoms with Gasteiger partial charge >= 0.3 is 6.03 Å². The van der Waals surface area contributed by atoms with Crippen molar-refractivity contribution in [3.05, 3.63) is 0 Å². The van der Waals surface area contributed by atoms with Crippen LogP contribution in [0.3, 0.4) is 0 Å².